The van der Waals surface area contributed by atoms with E-state index < -0.39 is 11.7 Å². The van der Waals surface area contributed by atoms with E-state index in [-0.39, 0.29) is 12.5 Å². The minimum atomic E-state index is -0.617. The molecule has 0 aliphatic rings. The molecule has 0 atom stereocenters. The molecule has 8 heteroatoms. The van der Waals surface area contributed by atoms with E-state index in [0.717, 1.165) is 11.3 Å². The number of amides is 2. The van der Waals surface area contributed by atoms with Gasteiger partial charge >= 0.3 is 6.09 Å². The molecule has 0 aliphatic heterocycles. The van der Waals surface area contributed by atoms with E-state index in [9.17, 15) is 9.59 Å². The van der Waals surface area contributed by atoms with E-state index in [0.29, 0.717) is 18.0 Å². The van der Waals surface area contributed by atoms with E-state index in [1.165, 1.54) is 11.9 Å². The molecule has 3 aromatic rings. The molecule has 0 aliphatic carbocycles. The van der Waals surface area contributed by atoms with Crippen LogP contribution in [0.25, 0.3) is 5.65 Å². The van der Waals surface area contributed by atoms with Crippen molar-refractivity contribution in [2.24, 2.45) is 0 Å². The van der Waals surface area contributed by atoms with Gasteiger partial charge in [0.25, 0.3) is 0 Å². The van der Waals surface area contributed by atoms with Crippen molar-refractivity contribution in [1.82, 2.24) is 14.3 Å². The Morgan fingerprint density at radius 1 is 1.17 bits per heavy atom. The lowest BCUT2D eigenvalue weighted by Gasteiger charge is -2.24. The Morgan fingerprint density at radius 2 is 1.97 bits per heavy atom. The Morgan fingerprint density at radius 3 is 2.70 bits per heavy atom. The van der Waals surface area contributed by atoms with Crippen molar-refractivity contribution in [2.45, 2.75) is 33.0 Å². The topological polar surface area (TPSA) is 85.2 Å². The first-order valence-electron chi connectivity index (χ1n) is 9.59. The van der Waals surface area contributed by atoms with Gasteiger partial charge in [0.05, 0.1) is 5.69 Å². The van der Waals surface area contributed by atoms with Gasteiger partial charge in [-0.2, -0.15) is 0 Å². The standard InChI is InChI=1S/C22H26N4O4/c1-22(2,3)30-21(28)25(4)14-20(27)24-16-8-7-9-18(12-16)29-15-17-13-26-11-6-5-10-19(26)23-17/h5-13H,14-15H2,1-4H3,(H,24,27). The number of ether oxygens (including phenoxy) is 2. The molecular formula is C22H26N4O4. The molecule has 0 bridgehead atoms. The highest BCUT2D eigenvalue weighted by molar-refractivity contribution is 5.94. The number of imidazole rings is 1. The van der Waals surface area contributed by atoms with Crippen LogP contribution in [-0.2, 0) is 16.1 Å². The molecular weight excluding hydrogens is 384 g/mol. The van der Waals surface area contributed by atoms with Crippen molar-refractivity contribution in [3.63, 3.8) is 0 Å². The van der Waals surface area contributed by atoms with Gasteiger partial charge in [0, 0.05) is 31.2 Å². The van der Waals surface area contributed by atoms with E-state index in [1.54, 1.807) is 45.0 Å². The summed E-state index contributed by atoms with van der Waals surface area (Å²) < 4.78 is 13.0. The molecule has 2 amide bonds. The van der Waals surface area contributed by atoms with E-state index >= 15 is 0 Å². The zero-order valence-electron chi connectivity index (χ0n) is 17.6. The first kappa shape index (κ1) is 21.2. The molecule has 3 rings (SSSR count). The highest BCUT2D eigenvalue weighted by atomic mass is 16.6. The molecule has 0 saturated carbocycles. The molecule has 2 aromatic heterocycles. The first-order chi connectivity index (χ1) is 14.2. The fourth-order valence-corrected chi connectivity index (χ4v) is 2.70. The molecule has 0 fully saturated rings. The van der Waals surface area contributed by atoms with Crippen molar-refractivity contribution in [1.29, 1.82) is 0 Å². The number of likely N-dealkylation sites (N-methyl/N-ethyl adjacent to an activating group) is 1. The Balaban J connectivity index is 1.54. The maximum atomic E-state index is 12.3. The molecule has 0 radical (unpaired) electrons. The number of hydrogen-bond acceptors (Lipinski definition) is 5. The number of hydrogen-bond donors (Lipinski definition) is 1. The summed E-state index contributed by atoms with van der Waals surface area (Å²) in [5.41, 5.74) is 1.61. The minimum Gasteiger partial charge on any atom is -0.487 e. The largest absolute Gasteiger partial charge is 0.487 e. The van der Waals surface area contributed by atoms with Crippen LogP contribution >= 0.6 is 0 Å². The van der Waals surface area contributed by atoms with Gasteiger partial charge in [0.1, 0.15) is 30.1 Å². The summed E-state index contributed by atoms with van der Waals surface area (Å²) in [5.74, 6) is 0.270. The number of carbonyl (C=O) groups is 2. The summed E-state index contributed by atoms with van der Waals surface area (Å²) in [6, 6.07) is 12.9. The number of carbonyl (C=O) groups excluding carboxylic acids is 2. The van der Waals surface area contributed by atoms with Crippen LogP contribution in [0.2, 0.25) is 0 Å². The van der Waals surface area contributed by atoms with Crippen LogP contribution in [0, 0.1) is 0 Å². The third kappa shape index (κ3) is 5.97. The van der Waals surface area contributed by atoms with Gasteiger partial charge in [0.15, 0.2) is 0 Å². The van der Waals surface area contributed by atoms with Crippen LogP contribution in [0.5, 0.6) is 5.75 Å². The third-order valence-corrected chi connectivity index (χ3v) is 4.00. The van der Waals surface area contributed by atoms with E-state index in [4.69, 9.17) is 9.47 Å². The third-order valence-electron chi connectivity index (χ3n) is 4.00. The molecule has 0 saturated heterocycles. The fraction of sp³-hybridized carbons (Fsp3) is 0.318. The van der Waals surface area contributed by atoms with Crippen molar-refractivity contribution in [3.05, 3.63) is 60.6 Å². The van der Waals surface area contributed by atoms with Crippen molar-refractivity contribution in [2.75, 3.05) is 18.9 Å². The lowest BCUT2D eigenvalue weighted by Crippen LogP contribution is -2.38. The second-order valence-electron chi connectivity index (χ2n) is 7.90. The highest BCUT2D eigenvalue weighted by Gasteiger charge is 2.21. The van der Waals surface area contributed by atoms with Crippen molar-refractivity contribution >= 4 is 23.3 Å². The smallest absolute Gasteiger partial charge is 0.410 e. The predicted molar refractivity (Wildman–Crippen MR) is 113 cm³/mol. The van der Waals surface area contributed by atoms with Gasteiger partial charge in [0.2, 0.25) is 5.91 Å². The van der Waals surface area contributed by atoms with E-state index in [1.807, 2.05) is 35.0 Å². The van der Waals surface area contributed by atoms with Gasteiger partial charge in [-0.3, -0.25) is 4.79 Å². The average Bonchev–Trinajstić information content (AvgIpc) is 3.08. The first-order valence-corrected chi connectivity index (χ1v) is 9.59. The molecule has 1 N–H and O–H groups in total. The second-order valence-corrected chi connectivity index (χ2v) is 7.90. The molecule has 0 spiro atoms. The maximum Gasteiger partial charge on any atom is 0.410 e. The minimum absolute atomic E-state index is 0.124. The zero-order chi connectivity index (χ0) is 21.7. The number of nitrogens with one attached hydrogen (secondary N) is 1. The van der Waals surface area contributed by atoms with Crippen molar-refractivity contribution < 1.29 is 19.1 Å². The van der Waals surface area contributed by atoms with Gasteiger partial charge in [-0.25, -0.2) is 9.78 Å². The second kappa shape index (κ2) is 8.86. The Labute approximate surface area is 175 Å². The van der Waals surface area contributed by atoms with Gasteiger partial charge in [-0.15, -0.1) is 0 Å². The van der Waals surface area contributed by atoms with Gasteiger partial charge < -0.3 is 24.1 Å². The number of aromatic nitrogens is 2. The van der Waals surface area contributed by atoms with Crippen LogP contribution in [0.15, 0.2) is 54.9 Å². The number of pyridine rings is 1. The van der Waals surface area contributed by atoms with Gasteiger partial charge in [-0.1, -0.05) is 12.1 Å². The summed E-state index contributed by atoms with van der Waals surface area (Å²) in [7, 11) is 1.52. The fourth-order valence-electron chi connectivity index (χ4n) is 2.70. The normalized spacial score (nSPS) is 11.2. The number of rotatable bonds is 6. The van der Waals surface area contributed by atoms with Crippen molar-refractivity contribution in [3.8, 4) is 5.75 Å². The Kier molecular flexibility index (Phi) is 6.25. The summed E-state index contributed by atoms with van der Waals surface area (Å²) in [6.45, 7) is 5.51. The van der Waals surface area contributed by atoms with Crippen LogP contribution in [0.3, 0.4) is 0 Å². The quantitative estimate of drug-likeness (QED) is 0.669. The molecule has 2 heterocycles. The lowest BCUT2D eigenvalue weighted by atomic mass is 10.2. The summed E-state index contributed by atoms with van der Waals surface area (Å²) >= 11 is 0. The Bertz CT molecular complexity index is 1010. The molecule has 8 nitrogen and oxygen atoms in total. The molecule has 158 valence electrons. The van der Waals surface area contributed by atoms with Crippen LogP contribution in [-0.4, -0.2) is 45.5 Å². The number of nitrogens with zero attached hydrogens (tertiary/aromatic N) is 3. The molecule has 0 unspecified atom stereocenters. The zero-order valence-corrected chi connectivity index (χ0v) is 17.6. The lowest BCUT2D eigenvalue weighted by molar-refractivity contribution is -0.117. The van der Waals surface area contributed by atoms with Gasteiger partial charge in [-0.05, 0) is 45.0 Å². The number of benzene rings is 1. The maximum absolute atomic E-state index is 12.3. The molecule has 30 heavy (non-hydrogen) atoms. The summed E-state index contributed by atoms with van der Waals surface area (Å²) in [4.78, 5) is 30.0. The summed E-state index contributed by atoms with van der Waals surface area (Å²) in [5, 5.41) is 2.76. The average molecular weight is 410 g/mol. The number of anilines is 1. The monoisotopic (exact) mass is 410 g/mol. The highest BCUT2D eigenvalue weighted by Crippen LogP contribution is 2.19. The van der Waals surface area contributed by atoms with Crippen LogP contribution < -0.4 is 10.1 Å². The SMILES string of the molecule is CN(CC(=O)Nc1cccc(OCc2cn3ccccc3n2)c1)C(=O)OC(C)(C)C. The summed E-state index contributed by atoms with van der Waals surface area (Å²) in [6.07, 6.45) is 3.28. The van der Waals surface area contributed by atoms with Crippen LogP contribution in [0.1, 0.15) is 26.5 Å². The number of fused-ring (bicyclic) bond motifs is 1. The molecule has 1 aromatic carbocycles. The predicted octanol–water partition coefficient (Wildman–Crippen LogP) is 3.72. The Hall–Kier alpha value is -3.55. The van der Waals surface area contributed by atoms with Crippen LogP contribution in [0.4, 0.5) is 10.5 Å². The van der Waals surface area contributed by atoms with E-state index in [2.05, 4.69) is 10.3 Å².